The molecule has 0 aliphatic carbocycles. The van der Waals surface area contributed by atoms with Gasteiger partial charge in [-0.05, 0) is 45.0 Å². The van der Waals surface area contributed by atoms with Gasteiger partial charge in [-0.2, -0.15) is 0 Å². The second-order valence-corrected chi connectivity index (χ2v) is 6.79. The van der Waals surface area contributed by atoms with Crippen molar-refractivity contribution < 1.29 is 9.47 Å². The van der Waals surface area contributed by atoms with Gasteiger partial charge >= 0.3 is 0 Å². The molecule has 1 aliphatic heterocycles. The molecule has 0 amide bonds. The Labute approximate surface area is 144 Å². The van der Waals surface area contributed by atoms with Crippen LogP contribution in [0.1, 0.15) is 37.9 Å². The molecule has 3 nitrogen and oxygen atoms in total. The van der Waals surface area contributed by atoms with Gasteiger partial charge in [0.25, 0.3) is 0 Å². The monoisotopic (exact) mass is 323 g/mol. The largest absolute Gasteiger partial charge is 0.496 e. The van der Waals surface area contributed by atoms with Crippen LogP contribution in [0, 0.1) is 0 Å². The van der Waals surface area contributed by atoms with Crippen molar-refractivity contribution in [1.82, 2.24) is 0 Å². The van der Waals surface area contributed by atoms with Crippen LogP contribution in [-0.4, -0.2) is 19.8 Å². The number of fused-ring (bicyclic) bond motifs is 1. The average Bonchev–Trinajstić information content (AvgIpc) is 2.59. The zero-order valence-corrected chi connectivity index (χ0v) is 15.0. The van der Waals surface area contributed by atoms with Crippen molar-refractivity contribution in [3.63, 3.8) is 0 Å². The normalized spacial score (nSPS) is 16.0. The molecule has 0 unspecified atom stereocenters. The molecule has 0 saturated carbocycles. The summed E-state index contributed by atoms with van der Waals surface area (Å²) in [5.41, 5.74) is 3.14. The van der Waals surface area contributed by atoms with E-state index < -0.39 is 0 Å². The summed E-state index contributed by atoms with van der Waals surface area (Å²) in [7, 11) is 3.82. The molecule has 0 saturated heterocycles. The van der Waals surface area contributed by atoms with Gasteiger partial charge in [-0.3, -0.25) is 0 Å². The number of ether oxygens (including phenoxy) is 2. The van der Waals surface area contributed by atoms with E-state index in [1.54, 1.807) is 7.11 Å². The van der Waals surface area contributed by atoms with Crippen molar-refractivity contribution in [2.24, 2.45) is 0 Å². The summed E-state index contributed by atoms with van der Waals surface area (Å²) >= 11 is 0. The number of benzene rings is 2. The van der Waals surface area contributed by atoms with Gasteiger partial charge in [0.15, 0.2) is 0 Å². The van der Waals surface area contributed by atoms with Gasteiger partial charge in [-0.15, -0.1) is 0 Å². The van der Waals surface area contributed by atoms with Gasteiger partial charge in [-0.25, -0.2) is 0 Å². The van der Waals surface area contributed by atoms with E-state index in [1.165, 1.54) is 5.69 Å². The van der Waals surface area contributed by atoms with Crippen molar-refractivity contribution in [3.8, 4) is 11.5 Å². The fourth-order valence-electron chi connectivity index (χ4n) is 3.02. The Bertz CT molecular complexity index is 750. The predicted octanol–water partition coefficient (Wildman–Crippen LogP) is 5.08. The maximum atomic E-state index is 6.06. The van der Waals surface area contributed by atoms with Gasteiger partial charge in [0.05, 0.1) is 13.2 Å². The van der Waals surface area contributed by atoms with Crippen LogP contribution >= 0.6 is 0 Å². The zero-order chi connectivity index (χ0) is 17.3. The number of hydrogen-bond donors (Lipinski definition) is 0. The summed E-state index contributed by atoms with van der Waals surface area (Å²) in [4.78, 5) is 2.25. The molecule has 0 N–H and O–H groups in total. The number of methoxy groups -OCH3 is 1. The van der Waals surface area contributed by atoms with Crippen LogP contribution in [0.25, 0.3) is 6.08 Å². The Hall–Kier alpha value is -2.42. The molecule has 2 aromatic rings. The number of anilines is 1. The molecule has 126 valence electrons. The van der Waals surface area contributed by atoms with E-state index in [0.717, 1.165) is 22.6 Å². The fraction of sp³-hybridized carbons (Fsp3) is 0.333. The third kappa shape index (κ3) is 3.12. The molecular formula is C21H25NO2. The standard InChI is InChI=1S/C21H25NO2/c1-15(22(4)17-9-7-6-8-10-17)18-13-16-11-12-21(2,3)24-19(16)14-20(18)23-5/h6-15H,1-5H3/t15-/m0/s1. The summed E-state index contributed by atoms with van der Waals surface area (Å²) in [5.74, 6) is 1.73. The number of nitrogens with zero attached hydrogens (tertiary/aromatic N) is 1. The molecule has 0 spiro atoms. The van der Waals surface area contributed by atoms with Crippen LogP contribution in [-0.2, 0) is 0 Å². The highest BCUT2D eigenvalue weighted by Crippen LogP contribution is 2.40. The highest BCUT2D eigenvalue weighted by molar-refractivity contribution is 5.65. The van der Waals surface area contributed by atoms with Gasteiger partial charge in [-0.1, -0.05) is 24.3 Å². The number of rotatable bonds is 4. The average molecular weight is 323 g/mol. The van der Waals surface area contributed by atoms with E-state index in [1.807, 2.05) is 12.1 Å². The molecule has 2 aromatic carbocycles. The van der Waals surface area contributed by atoms with Crippen molar-refractivity contribution in [2.45, 2.75) is 32.4 Å². The highest BCUT2D eigenvalue weighted by atomic mass is 16.5. The molecular weight excluding hydrogens is 298 g/mol. The Balaban J connectivity index is 1.99. The van der Waals surface area contributed by atoms with Crippen LogP contribution in [0.5, 0.6) is 11.5 Å². The second kappa shape index (κ2) is 6.23. The first kappa shape index (κ1) is 16.4. The molecule has 1 aliphatic rings. The van der Waals surface area contributed by atoms with E-state index in [-0.39, 0.29) is 11.6 Å². The third-order valence-corrected chi connectivity index (χ3v) is 4.59. The van der Waals surface area contributed by atoms with E-state index >= 15 is 0 Å². The van der Waals surface area contributed by atoms with E-state index in [0.29, 0.717) is 0 Å². The lowest BCUT2D eigenvalue weighted by molar-refractivity contribution is 0.158. The maximum Gasteiger partial charge on any atom is 0.131 e. The number of para-hydroxylation sites is 1. The van der Waals surface area contributed by atoms with Crippen molar-refractivity contribution in [3.05, 3.63) is 59.7 Å². The fourth-order valence-corrected chi connectivity index (χ4v) is 3.02. The van der Waals surface area contributed by atoms with E-state index in [4.69, 9.17) is 9.47 Å². The molecule has 0 radical (unpaired) electrons. The Morgan fingerprint density at radius 1 is 1.12 bits per heavy atom. The van der Waals surface area contributed by atoms with Crippen molar-refractivity contribution in [1.29, 1.82) is 0 Å². The van der Waals surface area contributed by atoms with Crippen molar-refractivity contribution in [2.75, 3.05) is 19.1 Å². The lowest BCUT2D eigenvalue weighted by Crippen LogP contribution is -2.28. The summed E-state index contributed by atoms with van der Waals surface area (Å²) in [6.07, 6.45) is 4.23. The molecule has 3 rings (SSSR count). The lowest BCUT2D eigenvalue weighted by Gasteiger charge is -2.32. The zero-order valence-electron chi connectivity index (χ0n) is 15.0. The summed E-state index contributed by atoms with van der Waals surface area (Å²) < 4.78 is 11.7. The smallest absolute Gasteiger partial charge is 0.131 e. The molecule has 3 heteroatoms. The Morgan fingerprint density at radius 2 is 1.83 bits per heavy atom. The third-order valence-electron chi connectivity index (χ3n) is 4.59. The second-order valence-electron chi connectivity index (χ2n) is 6.79. The van der Waals surface area contributed by atoms with E-state index in [2.05, 4.69) is 75.2 Å². The van der Waals surface area contributed by atoms with Crippen LogP contribution in [0.3, 0.4) is 0 Å². The minimum Gasteiger partial charge on any atom is -0.496 e. The topological polar surface area (TPSA) is 21.7 Å². The van der Waals surface area contributed by atoms with Gasteiger partial charge in [0, 0.05) is 29.9 Å². The molecule has 0 fully saturated rings. The summed E-state index contributed by atoms with van der Waals surface area (Å²) in [6, 6.07) is 14.7. The highest BCUT2D eigenvalue weighted by Gasteiger charge is 2.25. The Kier molecular flexibility index (Phi) is 4.27. The quantitative estimate of drug-likeness (QED) is 0.783. The van der Waals surface area contributed by atoms with Crippen LogP contribution in [0.4, 0.5) is 5.69 Å². The van der Waals surface area contributed by atoms with Crippen LogP contribution < -0.4 is 14.4 Å². The van der Waals surface area contributed by atoms with E-state index in [9.17, 15) is 0 Å². The molecule has 0 bridgehead atoms. The molecule has 24 heavy (non-hydrogen) atoms. The lowest BCUT2D eigenvalue weighted by atomic mass is 9.97. The van der Waals surface area contributed by atoms with Gasteiger partial charge in [0.1, 0.15) is 17.1 Å². The predicted molar refractivity (Wildman–Crippen MR) is 100.0 cm³/mol. The van der Waals surface area contributed by atoms with Gasteiger partial charge < -0.3 is 14.4 Å². The molecule has 0 aromatic heterocycles. The first-order chi connectivity index (χ1) is 11.4. The summed E-state index contributed by atoms with van der Waals surface area (Å²) in [6.45, 7) is 6.30. The minimum absolute atomic E-state index is 0.177. The minimum atomic E-state index is -0.286. The number of hydrogen-bond acceptors (Lipinski definition) is 3. The van der Waals surface area contributed by atoms with Crippen LogP contribution in [0.15, 0.2) is 48.5 Å². The molecule has 1 heterocycles. The first-order valence-electron chi connectivity index (χ1n) is 8.29. The SMILES string of the molecule is COc1cc2c(cc1[C@H](C)N(C)c1ccccc1)C=CC(C)(C)O2. The van der Waals surface area contributed by atoms with Crippen LogP contribution in [0.2, 0.25) is 0 Å². The first-order valence-corrected chi connectivity index (χ1v) is 8.29. The Morgan fingerprint density at radius 3 is 2.50 bits per heavy atom. The molecule has 1 atom stereocenters. The van der Waals surface area contributed by atoms with Gasteiger partial charge in [0.2, 0.25) is 0 Å². The van der Waals surface area contributed by atoms with Crippen molar-refractivity contribution >= 4 is 11.8 Å². The summed E-state index contributed by atoms with van der Waals surface area (Å²) in [5, 5.41) is 0. The maximum absolute atomic E-state index is 6.06.